The number of nitrogens with one attached hydrogen (secondary N) is 2. The van der Waals surface area contributed by atoms with E-state index in [4.69, 9.17) is 0 Å². The minimum atomic E-state index is 0.344. The Hall–Kier alpha value is -0.940. The van der Waals surface area contributed by atoms with Gasteiger partial charge in [-0.1, -0.05) is 0 Å². The van der Waals surface area contributed by atoms with Gasteiger partial charge in [-0.3, -0.25) is 0 Å². The van der Waals surface area contributed by atoms with E-state index in [9.17, 15) is 0 Å². The summed E-state index contributed by atoms with van der Waals surface area (Å²) < 4.78 is 1.86. The van der Waals surface area contributed by atoms with Crippen LogP contribution in [0.25, 0.3) is 0 Å². The first-order valence-corrected chi connectivity index (χ1v) is 4.96. The molecule has 5 nitrogen and oxygen atoms in total. The van der Waals surface area contributed by atoms with E-state index in [0.717, 1.165) is 13.1 Å². The highest BCUT2D eigenvalue weighted by Gasteiger charge is 2.06. The topological polar surface area (TPSA) is 54.8 Å². The number of nitrogens with zero attached hydrogens (tertiary/aromatic N) is 3. The van der Waals surface area contributed by atoms with Crippen molar-refractivity contribution in [2.75, 3.05) is 20.1 Å². The summed E-state index contributed by atoms with van der Waals surface area (Å²) in [4.78, 5) is 3.92. The maximum atomic E-state index is 4.09. The number of hydrogen-bond acceptors (Lipinski definition) is 4. The molecule has 0 aliphatic rings. The lowest BCUT2D eigenvalue weighted by atomic mass is 10.3. The Labute approximate surface area is 84.9 Å². The third-order valence-corrected chi connectivity index (χ3v) is 2.16. The van der Waals surface area contributed by atoms with Crippen LogP contribution in [0.2, 0.25) is 0 Å². The summed E-state index contributed by atoms with van der Waals surface area (Å²) in [5.74, 6) is 0. The van der Waals surface area contributed by atoms with Crippen molar-refractivity contribution in [2.24, 2.45) is 0 Å². The fourth-order valence-corrected chi connectivity index (χ4v) is 1.29. The molecule has 0 aliphatic heterocycles. The Kier molecular flexibility index (Phi) is 4.55. The molecule has 2 unspecified atom stereocenters. The maximum Gasteiger partial charge on any atom is 0.137 e. The van der Waals surface area contributed by atoms with Crippen molar-refractivity contribution < 1.29 is 0 Å². The van der Waals surface area contributed by atoms with Gasteiger partial charge in [-0.15, -0.1) is 0 Å². The average Bonchev–Trinajstić information content (AvgIpc) is 2.67. The van der Waals surface area contributed by atoms with E-state index in [0.29, 0.717) is 12.1 Å². The van der Waals surface area contributed by atoms with Crippen LogP contribution in [0, 0.1) is 0 Å². The summed E-state index contributed by atoms with van der Waals surface area (Å²) in [5.41, 5.74) is 0. The molecule has 0 aliphatic carbocycles. The van der Waals surface area contributed by atoms with Gasteiger partial charge in [0.15, 0.2) is 0 Å². The van der Waals surface area contributed by atoms with Crippen molar-refractivity contribution in [3.63, 3.8) is 0 Å². The Morgan fingerprint density at radius 2 is 2.14 bits per heavy atom. The molecule has 1 aromatic rings. The third kappa shape index (κ3) is 3.43. The molecular weight excluding hydrogens is 178 g/mol. The van der Waals surface area contributed by atoms with Gasteiger partial charge in [0.25, 0.3) is 0 Å². The summed E-state index contributed by atoms with van der Waals surface area (Å²) >= 11 is 0. The number of likely N-dealkylation sites (N-methyl/N-ethyl adjacent to an activating group) is 1. The van der Waals surface area contributed by atoms with Crippen molar-refractivity contribution >= 4 is 0 Å². The second-order valence-corrected chi connectivity index (χ2v) is 3.59. The Morgan fingerprint density at radius 1 is 1.36 bits per heavy atom. The largest absolute Gasteiger partial charge is 0.318 e. The van der Waals surface area contributed by atoms with E-state index in [2.05, 4.69) is 34.6 Å². The Morgan fingerprint density at radius 3 is 2.71 bits per heavy atom. The van der Waals surface area contributed by atoms with Crippen LogP contribution in [-0.2, 0) is 0 Å². The van der Waals surface area contributed by atoms with Gasteiger partial charge in [-0.25, -0.2) is 9.67 Å². The van der Waals surface area contributed by atoms with Gasteiger partial charge in [0, 0.05) is 19.1 Å². The molecule has 14 heavy (non-hydrogen) atoms. The first kappa shape index (κ1) is 11.1. The molecule has 0 amide bonds. The van der Waals surface area contributed by atoms with E-state index in [1.807, 2.05) is 11.7 Å². The monoisotopic (exact) mass is 197 g/mol. The van der Waals surface area contributed by atoms with Gasteiger partial charge in [-0.05, 0) is 20.9 Å². The summed E-state index contributed by atoms with van der Waals surface area (Å²) in [6.07, 6.45) is 3.31. The Bertz CT molecular complexity index is 233. The fourth-order valence-electron chi connectivity index (χ4n) is 1.29. The van der Waals surface area contributed by atoms with Crippen LogP contribution in [0.15, 0.2) is 12.7 Å². The minimum Gasteiger partial charge on any atom is -0.318 e. The molecule has 0 fully saturated rings. The molecule has 1 heterocycles. The molecule has 0 saturated carbocycles. The molecule has 0 radical (unpaired) electrons. The lowest BCUT2D eigenvalue weighted by molar-refractivity contribution is 0.417. The minimum absolute atomic E-state index is 0.344. The highest BCUT2D eigenvalue weighted by Crippen LogP contribution is 1.99. The zero-order chi connectivity index (χ0) is 10.4. The third-order valence-electron chi connectivity index (χ3n) is 2.16. The molecule has 1 aromatic heterocycles. The second kappa shape index (κ2) is 5.72. The van der Waals surface area contributed by atoms with Gasteiger partial charge < -0.3 is 10.6 Å². The smallest absolute Gasteiger partial charge is 0.137 e. The molecule has 0 saturated heterocycles. The van der Waals surface area contributed by atoms with Gasteiger partial charge in [0.05, 0.1) is 6.04 Å². The number of rotatable bonds is 6. The van der Waals surface area contributed by atoms with Crippen molar-refractivity contribution in [1.82, 2.24) is 25.4 Å². The first-order chi connectivity index (χ1) is 6.74. The van der Waals surface area contributed by atoms with E-state index in [1.165, 1.54) is 0 Å². The number of hydrogen-bond donors (Lipinski definition) is 2. The lowest BCUT2D eigenvalue weighted by Gasteiger charge is -2.17. The SMILES string of the molecule is CNCC(C)NCC(C)n1cncn1. The van der Waals surface area contributed by atoms with E-state index in [-0.39, 0.29) is 0 Å². The van der Waals surface area contributed by atoms with Crippen molar-refractivity contribution in [1.29, 1.82) is 0 Å². The van der Waals surface area contributed by atoms with Crippen molar-refractivity contribution in [3.05, 3.63) is 12.7 Å². The quantitative estimate of drug-likeness (QED) is 0.676. The van der Waals surface area contributed by atoms with Crippen LogP contribution in [0.1, 0.15) is 19.9 Å². The molecule has 0 aromatic carbocycles. The molecule has 1 rings (SSSR count). The second-order valence-electron chi connectivity index (χ2n) is 3.59. The molecule has 2 N–H and O–H groups in total. The highest BCUT2D eigenvalue weighted by atomic mass is 15.3. The van der Waals surface area contributed by atoms with E-state index < -0.39 is 0 Å². The van der Waals surface area contributed by atoms with Crippen LogP contribution >= 0.6 is 0 Å². The van der Waals surface area contributed by atoms with Gasteiger partial charge >= 0.3 is 0 Å². The summed E-state index contributed by atoms with van der Waals surface area (Å²) in [5, 5.41) is 10.6. The van der Waals surface area contributed by atoms with Gasteiger partial charge in [0.1, 0.15) is 12.7 Å². The van der Waals surface area contributed by atoms with Crippen LogP contribution in [0.3, 0.4) is 0 Å². The van der Waals surface area contributed by atoms with Crippen molar-refractivity contribution in [3.8, 4) is 0 Å². The lowest BCUT2D eigenvalue weighted by Crippen LogP contribution is -2.37. The molecular formula is C9H19N5. The Balaban J connectivity index is 2.24. The average molecular weight is 197 g/mol. The highest BCUT2D eigenvalue weighted by molar-refractivity contribution is 4.70. The number of aromatic nitrogens is 3. The molecule has 0 bridgehead atoms. The first-order valence-electron chi connectivity index (χ1n) is 4.96. The summed E-state index contributed by atoms with van der Waals surface area (Å²) in [6.45, 7) is 6.16. The van der Waals surface area contributed by atoms with Crippen LogP contribution in [-0.4, -0.2) is 40.9 Å². The normalized spacial score (nSPS) is 15.4. The molecule has 5 heteroatoms. The van der Waals surface area contributed by atoms with Crippen LogP contribution in [0.5, 0.6) is 0 Å². The zero-order valence-electron chi connectivity index (χ0n) is 9.07. The summed E-state index contributed by atoms with van der Waals surface area (Å²) in [7, 11) is 1.96. The van der Waals surface area contributed by atoms with Crippen LogP contribution in [0.4, 0.5) is 0 Å². The van der Waals surface area contributed by atoms with Crippen molar-refractivity contribution in [2.45, 2.75) is 25.9 Å². The van der Waals surface area contributed by atoms with E-state index >= 15 is 0 Å². The molecule has 80 valence electrons. The maximum absolute atomic E-state index is 4.09. The molecule has 2 atom stereocenters. The fraction of sp³-hybridized carbons (Fsp3) is 0.778. The predicted molar refractivity (Wildman–Crippen MR) is 56.1 cm³/mol. The van der Waals surface area contributed by atoms with Gasteiger partial charge in [-0.2, -0.15) is 5.10 Å². The standard InChI is InChI=1S/C9H19N5/c1-8(4-10-3)12-5-9(2)14-7-11-6-13-14/h6-10,12H,4-5H2,1-3H3. The predicted octanol–water partition coefficient (Wildman–Crippen LogP) is 0.0366. The zero-order valence-corrected chi connectivity index (χ0v) is 9.07. The molecule has 0 spiro atoms. The van der Waals surface area contributed by atoms with Gasteiger partial charge in [0.2, 0.25) is 0 Å². The van der Waals surface area contributed by atoms with Crippen LogP contribution < -0.4 is 10.6 Å². The van der Waals surface area contributed by atoms with E-state index in [1.54, 1.807) is 12.7 Å². The summed E-state index contributed by atoms with van der Waals surface area (Å²) in [6, 6.07) is 0.822.